The molecule has 3 rings (SSSR count). The van der Waals surface area contributed by atoms with Crippen LogP contribution in [0.25, 0.3) is 0 Å². The van der Waals surface area contributed by atoms with Crippen LogP contribution in [0.3, 0.4) is 0 Å². The van der Waals surface area contributed by atoms with Crippen molar-refractivity contribution in [3.63, 3.8) is 0 Å². The summed E-state index contributed by atoms with van der Waals surface area (Å²) in [6.07, 6.45) is 4.06. The Hall–Kier alpha value is -0.790. The number of pyridine rings is 2. The van der Waals surface area contributed by atoms with Crippen LogP contribution in [0, 0.1) is 3.63 Å². The summed E-state index contributed by atoms with van der Waals surface area (Å²) < 4.78 is 6.88. The summed E-state index contributed by atoms with van der Waals surface area (Å²) in [6.45, 7) is 1.41. The Kier molecular flexibility index (Phi) is 5.25. The van der Waals surface area contributed by atoms with Gasteiger partial charge in [-0.15, -0.1) is 0 Å². The second-order valence-electron chi connectivity index (χ2n) is 4.69. The Morgan fingerprint density at radius 2 is 1.27 bits per heavy atom. The Labute approximate surface area is 156 Å². The number of hydrogen-bond donors (Lipinski definition) is 0. The molecule has 4 nitrogen and oxygen atoms in total. The van der Waals surface area contributed by atoms with E-state index in [2.05, 4.69) is 71.6 Å². The summed E-state index contributed by atoms with van der Waals surface area (Å²) in [5, 5.41) is 0. The first kappa shape index (κ1) is 16.1. The third-order valence-corrected chi connectivity index (χ3v) is 4.80. The summed E-state index contributed by atoms with van der Waals surface area (Å²) in [6, 6.07) is 11.8. The van der Waals surface area contributed by atoms with E-state index in [1.165, 1.54) is 0 Å². The molecule has 0 amide bonds. The van der Waals surface area contributed by atoms with Gasteiger partial charge in [0.05, 0.1) is 0 Å². The molecule has 0 saturated carbocycles. The number of rotatable bonds is 4. The van der Waals surface area contributed by atoms with Crippen LogP contribution in [0.1, 0.15) is 11.4 Å². The van der Waals surface area contributed by atoms with Crippen molar-refractivity contribution < 1.29 is 20.6 Å². The van der Waals surface area contributed by atoms with Gasteiger partial charge in [-0.2, -0.15) is 0 Å². The van der Waals surface area contributed by atoms with Gasteiger partial charge < -0.3 is 0 Å². The second kappa shape index (κ2) is 7.19. The topological polar surface area (TPSA) is 35.6 Å². The number of aromatic nitrogens is 4. The van der Waals surface area contributed by atoms with Crippen molar-refractivity contribution in [2.24, 2.45) is 0 Å². The van der Waals surface area contributed by atoms with Gasteiger partial charge in [0, 0.05) is 0 Å². The molecular formula is C15H12AgBr2N4. The molecule has 0 aromatic carbocycles. The Morgan fingerprint density at radius 1 is 0.818 bits per heavy atom. The van der Waals surface area contributed by atoms with Crippen molar-refractivity contribution in [3.05, 3.63) is 73.0 Å². The van der Waals surface area contributed by atoms with E-state index < -0.39 is 0 Å². The van der Waals surface area contributed by atoms with Crippen molar-refractivity contribution in [2.45, 2.75) is 13.1 Å². The molecule has 0 saturated heterocycles. The van der Waals surface area contributed by atoms with Gasteiger partial charge in [-0.3, -0.25) is 0 Å². The summed E-state index contributed by atoms with van der Waals surface area (Å²) in [5.41, 5.74) is 2.00. The van der Waals surface area contributed by atoms with E-state index in [0.717, 1.165) is 24.2 Å². The molecule has 3 aromatic heterocycles. The molecule has 0 aliphatic rings. The van der Waals surface area contributed by atoms with E-state index in [9.17, 15) is 0 Å². The number of halogens is 2. The Bertz CT molecular complexity index is 788. The van der Waals surface area contributed by atoms with Gasteiger partial charge >= 0.3 is 158 Å². The molecule has 0 spiro atoms. The average molecular weight is 516 g/mol. The predicted molar refractivity (Wildman–Crippen MR) is 87.7 cm³/mol. The van der Waals surface area contributed by atoms with Crippen LogP contribution in [0.2, 0.25) is 0 Å². The van der Waals surface area contributed by atoms with E-state index in [4.69, 9.17) is 0 Å². The fourth-order valence-electron chi connectivity index (χ4n) is 2.09. The second-order valence-corrected chi connectivity index (χ2v) is 6.98. The first-order chi connectivity index (χ1) is 10.6. The molecule has 7 heteroatoms. The minimum atomic E-state index is 0.707. The third kappa shape index (κ3) is 3.94. The number of hydrogen-bond acceptors (Lipinski definition) is 2. The van der Waals surface area contributed by atoms with Crippen LogP contribution < -0.4 is 0 Å². The molecule has 0 unspecified atom stereocenters. The van der Waals surface area contributed by atoms with E-state index in [1.807, 2.05) is 48.8 Å². The van der Waals surface area contributed by atoms with Crippen LogP contribution >= 0.6 is 31.9 Å². The summed E-state index contributed by atoms with van der Waals surface area (Å²) in [5.74, 6) is 0. The van der Waals surface area contributed by atoms with Crippen LogP contribution in [0.15, 0.2) is 58.0 Å². The van der Waals surface area contributed by atoms with Gasteiger partial charge in [0.25, 0.3) is 0 Å². The molecule has 3 heterocycles. The van der Waals surface area contributed by atoms with Crippen LogP contribution in [-0.4, -0.2) is 19.1 Å². The van der Waals surface area contributed by atoms with Gasteiger partial charge in [-0.05, 0) is 0 Å². The Balaban J connectivity index is 1.81. The molecule has 3 aromatic rings. The fourth-order valence-corrected chi connectivity index (χ4v) is 3.30. The molecule has 117 valence electrons. The normalized spacial score (nSPS) is 10.9. The first-order valence-corrected chi connectivity index (χ1v) is 8.87. The van der Waals surface area contributed by atoms with Gasteiger partial charge in [-0.1, -0.05) is 0 Å². The monoisotopic (exact) mass is 513 g/mol. The number of nitrogens with zero attached hydrogens (tertiary/aromatic N) is 4. The Morgan fingerprint density at radius 3 is 1.68 bits per heavy atom. The summed E-state index contributed by atoms with van der Waals surface area (Å²) in [7, 11) is 0. The first-order valence-electron chi connectivity index (χ1n) is 6.55. The van der Waals surface area contributed by atoms with Crippen LogP contribution in [0.4, 0.5) is 0 Å². The molecule has 0 aliphatic heterocycles. The molecule has 0 aliphatic carbocycles. The van der Waals surface area contributed by atoms with Crippen LogP contribution in [-0.2, 0) is 33.7 Å². The molecule has 0 bridgehead atoms. The fraction of sp³-hybridized carbons (Fsp3) is 0.133. The SMILES string of the molecule is Brc1cccc(Cn2ccn(Cc3cccc(Br)n3)[c]2=[Ag])n1. The molecule has 0 N–H and O–H groups in total. The van der Waals surface area contributed by atoms with Crippen molar-refractivity contribution >= 4 is 31.9 Å². The van der Waals surface area contributed by atoms with Gasteiger partial charge in [-0.25, -0.2) is 0 Å². The zero-order valence-electron chi connectivity index (χ0n) is 11.4. The van der Waals surface area contributed by atoms with Gasteiger partial charge in [0.15, 0.2) is 0 Å². The predicted octanol–water partition coefficient (Wildman–Crippen LogP) is 3.78. The maximum absolute atomic E-state index is 4.46. The molecular weight excluding hydrogens is 504 g/mol. The summed E-state index contributed by atoms with van der Waals surface area (Å²) in [4.78, 5) is 8.92. The maximum atomic E-state index is 4.46. The van der Waals surface area contributed by atoms with Crippen molar-refractivity contribution in [1.29, 1.82) is 0 Å². The standard InChI is InChI=1S/C15H12Br2N4.Ag/c16-14-5-1-3-12(18-14)9-20-7-8-21(11-20)10-13-4-2-6-15(17)19-13;/h1-8H,9-10H2;. The zero-order chi connectivity index (χ0) is 15.5. The van der Waals surface area contributed by atoms with Gasteiger partial charge in [0.2, 0.25) is 0 Å². The van der Waals surface area contributed by atoms with Crippen LogP contribution in [0.5, 0.6) is 0 Å². The molecule has 0 atom stereocenters. The summed E-state index contributed by atoms with van der Waals surface area (Å²) >= 11 is 10.5. The van der Waals surface area contributed by atoms with Crippen molar-refractivity contribution in [1.82, 2.24) is 19.1 Å². The van der Waals surface area contributed by atoms with E-state index in [0.29, 0.717) is 13.1 Å². The van der Waals surface area contributed by atoms with Crippen molar-refractivity contribution in [2.75, 3.05) is 0 Å². The van der Waals surface area contributed by atoms with E-state index in [1.54, 1.807) is 0 Å². The quantitative estimate of drug-likeness (QED) is 0.392. The minimum absolute atomic E-state index is 0.707. The molecule has 0 fully saturated rings. The zero-order valence-corrected chi connectivity index (χ0v) is 16.0. The number of imidazole rings is 1. The molecule has 0 radical (unpaired) electrons. The van der Waals surface area contributed by atoms with E-state index in [-0.39, 0.29) is 0 Å². The van der Waals surface area contributed by atoms with E-state index >= 15 is 0 Å². The van der Waals surface area contributed by atoms with Crippen molar-refractivity contribution in [3.8, 4) is 0 Å². The molecule has 22 heavy (non-hydrogen) atoms. The third-order valence-electron chi connectivity index (χ3n) is 3.07. The van der Waals surface area contributed by atoms with Gasteiger partial charge in [0.1, 0.15) is 0 Å². The average Bonchev–Trinajstić information content (AvgIpc) is 2.80.